The highest BCUT2D eigenvalue weighted by atomic mass is 35.5. The molecule has 21 heavy (non-hydrogen) atoms. The molecule has 0 saturated heterocycles. The van der Waals surface area contributed by atoms with Gasteiger partial charge in [-0.05, 0) is 35.4 Å². The van der Waals surface area contributed by atoms with Crippen molar-refractivity contribution in [3.05, 3.63) is 51.6 Å². The number of nitrogens with one attached hydrogen (secondary N) is 1. The molecule has 0 fully saturated rings. The van der Waals surface area contributed by atoms with Crippen molar-refractivity contribution in [1.29, 1.82) is 0 Å². The van der Waals surface area contributed by atoms with Crippen LogP contribution in [0.2, 0.25) is 10.0 Å². The molecule has 0 unspecified atom stereocenters. The molecule has 2 heterocycles. The minimum atomic E-state index is 0.478. The minimum absolute atomic E-state index is 0.478. The Balaban J connectivity index is 1.92. The van der Waals surface area contributed by atoms with Crippen LogP contribution in [0.1, 0.15) is 11.1 Å². The first-order chi connectivity index (χ1) is 10.2. The largest absolute Gasteiger partial charge is 0.367 e. The summed E-state index contributed by atoms with van der Waals surface area (Å²) in [6, 6.07) is 7.61. The van der Waals surface area contributed by atoms with Crippen molar-refractivity contribution in [3.63, 3.8) is 0 Å². The van der Waals surface area contributed by atoms with Gasteiger partial charge < -0.3 is 16.0 Å². The normalized spacial score (nSPS) is 13.8. The Hall–Kier alpha value is -1.49. The van der Waals surface area contributed by atoms with E-state index in [0.717, 1.165) is 40.7 Å². The third kappa shape index (κ3) is 3.07. The SMILES string of the molecule is NCc1cnc2c(c1)N(Cc1cc(Cl)ccc1Cl)CCN2. The van der Waals surface area contributed by atoms with Gasteiger partial charge in [0.2, 0.25) is 0 Å². The molecule has 0 atom stereocenters. The van der Waals surface area contributed by atoms with Gasteiger partial charge in [0, 0.05) is 42.4 Å². The van der Waals surface area contributed by atoms with Gasteiger partial charge >= 0.3 is 0 Å². The fraction of sp³-hybridized carbons (Fsp3) is 0.267. The average molecular weight is 323 g/mol. The molecular formula is C15H16Cl2N4. The highest BCUT2D eigenvalue weighted by Crippen LogP contribution is 2.31. The summed E-state index contributed by atoms with van der Waals surface area (Å²) in [5, 5.41) is 4.72. The zero-order valence-electron chi connectivity index (χ0n) is 11.4. The monoisotopic (exact) mass is 322 g/mol. The smallest absolute Gasteiger partial charge is 0.149 e. The lowest BCUT2D eigenvalue weighted by atomic mass is 10.1. The van der Waals surface area contributed by atoms with Gasteiger partial charge in [0.05, 0.1) is 5.69 Å². The van der Waals surface area contributed by atoms with Gasteiger partial charge in [-0.15, -0.1) is 0 Å². The van der Waals surface area contributed by atoms with Crippen LogP contribution in [0.4, 0.5) is 11.5 Å². The maximum atomic E-state index is 6.26. The van der Waals surface area contributed by atoms with Gasteiger partial charge in [0.1, 0.15) is 5.82 Å². The Morgan fingerprint density at radius 1 is 1.29 bits per heavy atom. The first kappa shape index (κ1) is 14.4. The van der Waals surface area contributed by atoms with Crippen molar-refractivity contribution in [1.82, 2.24) is 4.98 Å². The van der Waals surface area contributed by atoms with Crippen molar-refractivity contribution in [2.75, 3.05) is 23.3 Å². The van der Waals surface area contributed by atoms with Gasteiger partial charge in [0.25, 0.3) is 0 Å². The van der Waals surface area contributed by atoms with Crippen LogP contribution in [0, 0.1) is 0 Å². The Bertz CT molecular complexity index is 660. The highest BCUT2D eigenvalue weighted by Gasteiger charge is 2.19. The lowest BCUT2D eigenvalue weighted by molar-refractivity contribution is 0.778. The number of hydrogen-bond donors (Lipinski definition) is 2. The van der Waals surface area contributed by atoms with Crippen LogP contribution >= 0.6 is 23.2 Å². The Labute approximate surface area is 133 Å². The number of halogens is 2. The van der Waals surface area contributed by atoms with Crippen LogP contribution in [-0.4, -0.2) is 18.1 Å². The van der Waals surface area contributed by atoms with Crippen LogP contribution in [-0.2, 0) is 13.1 Å². The summed E-state index contributed by atoms with van der Waals surface area (Å²) in [6.07, 6.45) is 1.81. The Morgan fingerprint density at radius 2 is 2.14 bits per heavy atom. The Morgan fingerprint density at radius 3 is 2.95 bits per heavy atom. The number of nitrogens with two attached hydrogens (primary N) is 1. The number of benzene rings is 1. The van der Waals surface area contributed by atoms with E-state index in [1.807, 2.05) is 18.3 Å². The number of pyridine rings is 1. The predicted molar refractivity (Wildman–Crippen MR) is 88.1 cm³/mol. The standard InChI is InChI=1S/C15H16Cl2N4/c16-12-1-2-13(17)11(6-12)9-21-4-3-19-15-14(21)5-10(7-18)8-20-15/h1-2,5-6,8H,3-4,7,9,18H2,(H,19,20). The quantitative estimate of drug-likeness (QED) is 0.910. The van der Waals surface area contributed by atoms with Gasteiger partial charge in [-0.2, -0.15) is 0 Å². The van der Waals surface area contributed by atoms with Gasteiger partial charge in [-0.3, -0.25) is 0 Å². The first-order valence-electron chi connectivity index (χ1n) is 6.79. The summed E-state index contributed by atoms with van der Waals surface area (Å²) in [5.41, 5.74) is 8.79. The molecule has 110 valence electrons. The van der Waals surface area contributed by atoms with E-state index in [4.69, 9.17) is 28.9 Å². The van der Waals surface area contributed by atoms with Gasteiger partial charge in [0.15, 0.2) is 0 Å². The molecule has 0 radical (unpaired) electrons. The lowest BCUT2D eigenvalue weighted by Crippen LogP contribution is -2.34. The Kier molecular flexibility index (Phi) is 4.19. The van der Waals surface area contributed by atoms with E-state index in [9.17, 15) is 0 Å². The van der Waals surface area contributed by atoms with Crippen molar-refractivity contribution < 1.29 is 0 Å². The van der Waals surface area contributed by atoms with E-state index in [0.29, 0.717) is 18.1 Å². The second kappa shape index (κ2) is 6.10. The number of fused-ring (bicyclic) bond motifs is 1. The molecule has 6 heteroatoms. The molecule has 1 aromatic heterocycles. The first-order valence-corrected chi connectivity index (χ1v) is 7.54. The molecule has 0 amide bonds. The number of nitrogens with zero attached hydrogens (tertiary/aromatic N) is 2. The van der Waals surface area contributed by atoms with Crippen molar-refractivity contribution in [2.24, 2.45) is 5.73 Å². The van der Waals surface area contributed by atoms with E-state index in [2.05, 4.69) is 21.3 Å². The van der Waals surface area contributed by atoms with E-state index >= 15 is 0 Å². The average Bonchev–Trinajstić information content (AvgIpc) is 2.51. The summed E-state index contributed by atoms with van der Waals surface area (Å²) in [6.45, 7) is 2.90. The molecular weight excluding hydrogens is 307 g/mol. The van der Waals surface area contributed by atoms with Crippen LogP contribution in [0.5, 0.6) is 0 Å². The molecule has 1 aromatic carbocycles. The fourth-order valence-corrected chi connectivity index (χ4v) is 2.82. The predicted octanol–water partition coefficient (Wildman–Crippen LogP) is 3.28. The van der Waals surface area contributed by atoms with E-state index in [-0.39, 0.29) is 0 Å². The summed E-state index contributed by atoms with van der Waals surface area (Å²) in [7, 11) is 0. The molecule has 1 aliphatic rings. The molecule has 0 aliphatic carbocycles. The number of hydrogen-bond acceptors (Lipinski definition) is 4. The van der Waals surface area contributed by atoms with E-state index in [1.165, 1.54) is 0 Å². The van der Waals surface area contributed by atoms with Gasteiger partial charge in [-0.1, -0.05) is 23.2 Å². The topological polar surface area (TPSA) is 54.2 Å². The van der Waals surface area contributed by atoms with Crippen LogP contribution in [0.15, 0.2) is 30.5 Å². The third-order valence-corrected chi connectivity index (χ3v) is 4.15. The van der Waals surface area contributed by atoms with E-state index in [1.54, 1.807) is 6.07 Å². The summed E-state index contributed by atoms with van der Waals surface area (Å²) < 4.78 is 0. The second-order valence-corrected chi connectivity index (χ2v) is 5.84. The molecule has 3 N–H and O–H groups in total. The van der Waals surface area contributed by atoms with Crippen molar-refractivity contribution in [3.8, 4) is 0 Å². The van der Waals surface area contributed by atoms with Crippen LogP contribution < -0.4 is 16.0 Å². The molecule has 3 rings (SSSR count). The van der Waals surface area contributed by atoms with Crippen LogP contribution in [0.25, 0.3) is 0 Å². The zero-order chi connectivity index (χ0) is 14.8. The molecule has 0 bridgehead atoms. The molecule has 2 aromatic rings. The highest BCUT2D eigenvalue weighted by molar-refractivity contribution is 6.33. The number of aromatic nitrogens is 1. The molecule has 0 saturated carbocycles. The zero-order valence-corrected chi connectivity index (χ0v) is 13.0. The van der Waals surface area contributed by atoms with Crippen molar-refractivity contribution >= 4 is 34.7 Å². The lowest BCUT2D eigenvalue weighted by Gasteiger charge is -2.32. The fourth-order valence-electron chi connectivity index (χ4n) is 2.45. The maximum absolute atomic E-state index is 6.26. The number of anilines is 2. The summed E-state index contributed by atoms with van der Waals surface area (Å²) in [5.74, 6) is 0.886. The summed E-state index contributed by atoms with van der Waals surface area (Å²) >= 11 is 12.3. The molecule has 0 spiro atoms. The summed E-state index contributed by atoms with van der Waals surface area (Å²) in [4.78, 5) is 6.68. The third-order valence-electron chi connectivity index (χ3n) is 3.54. The van der Waals surface area contributed by atoms with Crippen molar-refractivity contribution in [2.45, 2.75) is 13.1 Å². The van der Waals surface area contributed by atoms with Gasteiger partial charge in [-0.25, -0.2) is 4.98 Å². The molecule has 4 nitrogen and oxygen atoms in total. The second-order valence-electron chi connectivity index (χ2n) is 5.00. The number of rotatable bonds is 3. The minimum Gasteiger partial charge on any atom is -0.367 e. The molecule has 1 aliphatic heterocycles. The van der Waals surface area contributed by atoms with E-state index < -0.39 is 0 Å². The van der Waals surface area contributed by atoms with Crippen LogP contribution in [0.3, 0.4) is 0 Å². The maximum Gasteiger partial charge on any atom is 0.149 e.